The van der Waals surface area contributed by atoms with Gasteiger partial charge in [0, 0.05) is 19.6 Å². The van der Waals surface area contributed by atoms with Crippen molar-refractivity contribution >= 4 is 12.0 Å². The molecule has 1 aliphatic carbocycles. The molecule has 0 spiro atoms. The number of nitrogens with one attached hydrogen (secondary N) is 1. The predicted octanol–water partition coefficient (Wildman–Crippen LogP) is 3.50. The van der Waals surface area contributed by atoms with Gasteiger partial charge in [-0.15, -0.1) is 0 Å². The summed E-state index contributed by atoms with van der Waals surface area (Å²) in [5, 5.41) is 11.8. The molecule has 1 saturated carbocycles. The molecule has 2 N–H and O–H groups in total. The molecule has 5 heteroatoms. The van der Waals surface area contributed by atoms with Crippen LogP contribution in [0.5, 0.6) is 0 Å². The van der Waals surface area contributed by atoms with E-state index < -0.39 is 5.97 Å². The van der Waals surface area contributed by atoms with Crippen molar-refractivity contribution < 1.29 is 14.7 Å². The molecule has 0 radical (unpaired) electrons. The van der Waals surface area contributed by atoms with Crippen molar-refractivity contribution in [2.45, 2.75) is 51.6 Å². The molecule has 2 unspecified atom stereocenters. The van der Waals surface area contributed by atoms with Crippen LogP contribution < -0.4 is 5.32 Å². The molecule has 1 aromatic carbocycles. The topological polar surface area (TPSA) is 69.6 Å². The maximum atomic E-state index is 12.4. The second-order valence-corrected chi connectivity index (χ2v) is 6.29. The number of hydrogen-bond acceptors (Lipinski definition) is 2. The predicted molar refractivity (Wildman–Crippen MR) is 89.4 cm³/mol. The quantitative estimate of drug-likeness (QED) is 0.873. The van der Waals surface area contributed by atoms with E-state index in [4.69, 9.17) is 5.11 Å². The molecule has 5 nitrogen and oxygen atoms in total. The van der Waals surface area contributed by atoms with Gasteiger partial charge in [-0.1, -0.05) is 38.3 Å². The SMILES string of the molecule is CCC1CCCCC1N(C)C(=O)NCc1ccc(C(=O)O)cc1. The van der Waals surface area contributed by atoms with Gasteiger partial charge in [0.2, 0.25) is 0 Å². The van der Waals surface area contributed by atoms with E-state index >= 15 is 0 Å². The number of carbonyl (C=O) groups is 2. The third-order valence-corrected chi connectivity index (χ3v) is 4.86. The van der Waals surface area contributed by atoms with Gasteiger partial charge in [-0.2, -0.15) is 0 Å². The Morgan fingerprint density at radius 1 is 1.22 bits per heavy atom. The fourth-order valence-corrected chi connectivity index (χ4v) is 3.39. The van der Waals surface area contributed by atoms with Crippen LogP contribution in [-0.4, -0.2) is 35.1 Å². The summed E-state index contributed by atoms with van der Waals surface area (Å²) in [5.74, 6) is -0.349. The number of aromatic carboxylic acids is 1. The van der Waals surface area contributed by atoms with Crippen LogP contribution >= 0.6 is 0 Å². The first kappa shape index (κ1) is 17.3. The highest BCUT2D eigenvalue weighted by Crippen LogP contribution is 2.30. The molecule has 0 heterocycles. The molecule has 1 aromatic rings. The monoisotopic (exact) mass is 318 g/mol. The van der Waals surface area contributed by atoms with Gasteiger partial charge in [0.1, 0.15) is 0 Å². The number of carboxylic acid groups (broad SMARTS) is 1. The van der Waals surface area contributed by atoms with Crippen molar-refractivity contribution in [2.24, 2.45) is 5.92 Å². The van der Waals surface area contributed by atoms with Gasteiger partial charge in [-0.25, -0.2) is 9.59 Å². The molecular formula is C18H26N2O3. The fraction of sp³-hybridized carbons (Fsp3) is 0.556. The van der Waals surface area contributed by atoms with Crippen molar-refractivity contribution in [3.63, 3.8) is 0 Å². The number of nitrogens with zero attached hydrogens (tertiary/aromatic N) is 1. The van der Waals surface area contributed by atoms with Crippen LogP contribution in [0.25, 0.3) is 0 Å². The van der Waals surface area contributed by atoms with Crippen molar-refractivity contribution in [3.05, 3.63) is 35.4 Å². The molecule has 1 aliphatic rings. The zero-order chi connectivity index (χ0) is 16.8. The van der Waals surface area contributed by atoms with E-state index in [1.54, 1.807) is 24.3 Å². The molecule has 2 atom stereocenters. The second kappa shape index (κ2) is 7.99. The summed E-state index contributed by atoms with van der Waals surface area (Å²) in [5.41, 5.74) is 1.15. The van der Waals surface area contributed by atoms with Crippen molar-refractivity contribution in [1.82, 2.24) is 10.2 Å². The van der Waals surface area contributed by atoms with Crippen LogP contribution in [0, 0.1) is 5.92 Å². The number of amides is 2. The van der Waals surface area contributed by atoms with Crippen molar-refractivity contribution in [2.75, 3.05) is 7.05 Å². The largest absolute Gasteiger partial charge is 0.478 e. The summed E-state index contributed by atoms with van der Waals surface area (Å²) >= 11 is 0. The normalized spacial score (nSPS) is 20.8. The first-order valence-electron chi connectivity index (χ1n) is 8.35. The van der Waals surface area contributed by atoms with E-state index in [0.29, 0.717) is 18.5 Å². The Balaban J connectivity index is 1.89. The zero-order valence-electron chi connectivity index (χ0n) is 13.9. The number of benzene rings is 1. The summed E-state index contributed by atoms with van der Waals surface area (Å²) in [4.78, 5) is 25.0. The molecule has 23 heavy (non-hydrogen) atoms. The Labute approximate surface area is 137 Å². The van der Waals surface area contributed by atoms with Gasteiger partial charge in [0.05, 0.1) is 5.56 Å². The number of carbonyl (C=O) groups excluding carboxylic acids is 1. The Morgan fingerprint density at radius 3 is 2.48 bits per heavy atom. The van der Waals surface area contributed by atoms with E-state index in [9.17, 15) is 9.59 Å². The van der Waals surface area contributed by atoms with Crippen LogP contribution in [0.4, 0.5) is 4.79 Å². The molecule has 0 aromatic heterocycles. The van der Waals surface area contributed by atoms with E-state index in [1.807, 2.05) is 11.9 Å². The maximum absolute atomic E-state index is 12.4. The number of rotatable bonds is 5. The molecular weight excluding hydrogens is 292 g/mol. The van der Waals surface area contributed by atoms with E-state index in [1.165, 1.54) is 19.3 Å². The van der Waals surface area contributed by atoms with Crippen LogP contribution in [0.1, 0.15) is 54.9 Å². The lowest BCUT2D eigenvalue weighted by atomic mass is 9.82. The Hall–Kier alpha value is -2.04. The zero-order valence-corrected chi connectivity index (χ0v) is 13.9. The Bertz CT molecular complexity index is 542. The molecule has 0 aliphatic heterocycles. The van der Waals surface area contributed by atoms with Crippen LogP contribution in [0.2, 0.25) is 0 Å². The highest BCUT2D eigenvalue weighted by atomic mass is 16.4. The average molecular weight is 318 g/mol. The molecule has 0 saturated heterocycles. The summed E-state index contributed by atoms with van der Waals surface area (Å²) in [6.07, 6.45) is 5.85. The maximum Gasteiger partial charge on any atom is 0.335 e. The number of hydrogen-bond donors (Lipinski definition) is 2. The molecule has 2 rings (SSSR count). The van der Waals surface area contributed by atoms with Gasteiger partial charge in [0.25, 0.3) is 0 Å². The van der Waals surface area contributed by atoms with Gasteiger partial charge in [0.15, 0.2) is 0 Å². The third kappa shape index (κ3) is 4.47. The first-order valence-corrected chi connectivity index (χ1v) is 8.35. The average Bonchev–Trinajstić information content (AvgIpc) is 2.59. The number of carboxylic acids is 1. The molecule has 126 valence electrons. The highest BCUT2D eigenvalue weighted by molar-refractivity contribution is 5.87. The minimum Gasteiger partial charge on any atom is -0.478 e. The van der Waals surface area contributed by atoms with E-state index in [2.05, 4.69) is 12.2 Å². The van der Waals surface area contributed by atoms with Gasteiger partial charge < -0.3 is 15.3 Å². The summed E-state index contributed by atoms with van der Waals surface area (Å²) < 4.78 is 0. The minimum atomic E-state index is -0.941. The van der Waals surface area contributed by atoms with Crippen LogP contribution in [0.3, 0.4) is 0 Å². The lowest BCUT2D eigenvalue weighted by Crippen LogP contribution is -2.47. The Kier molecular flexibility index (Phi) is 6.02. The standard InChI is InChI=1S/C18H26N2O3/c1-3-14-6-4-5-7-16(14)20(2)18(23)19-12-13-8-10-15(11-9-13)17(21)22/h8-11,14,16H,3-7,12H2,1-2H3,(H,19,23)(H,21,22). The second-order valence-electron chi connectivity index (χ2n) is 6.29. The van der Waals surface area contributed by atoms with Gasteiger partial charge in [-0.3, -0.25) is 0 Å². The van der Waals surface area contributed by atoms with Gasteiger partial charge >= 0.3 is 12.0 Å². The van der Waals surface area contributed by atoms with Crippen molar-refractivity contribution in [1.29, 1.82) is 0 Å². The first-order chi connectivity index (χ1) is 11.0. The summed E-state index contributed by atoms with van der Waals surface area (Å²) in [7, 11) is 1.88. The third-order valence-electron chi connectivity index (χ3n) is 4.86. The van der Waals surface area contributed by atoms with Gasteiger partial charge in [-0.05, 0) is 36.5 Å². The van der Waals surface area contributed by atoms with Crippen molar-refractivity contribution in [3.8, 4) is 0 Å². The fourth-order valence-electron chi connectivity index (χ4n) is 3.39. The Morgan fingerprint density at radius 2 is 1.87 bits per heavy atom. The molecule has 0 bridgehead atoms. The summed E-state index contributed by atoms with van der Waals surface area (Å²) in [6, 6.07) is 6.85. The minimum absolute atomic E-state index is 0.0577. The highest BCUT2D eigenvalue weighted by Gasteiger charge is 2.29. The molecule has 2 amide bonds. The summed E-state index contributed by atoms with van der Waals surface area (Å²) in [6.45, 7) is 2.60. The van der Waals surface area contributed by atoms with E-state index in [-0.39, 0.29) is 11.6 Å². The lowest BCUT2D eigenvalue weighted by molar-refractivity contribution is 0.0697. The van der Waals surface area contributed by atoms with Crippen LogP contribution in [0.15, 0.2) is 24.3 Å². The lowest BCUT2D eigenvalue weighted by Gasteiger charge is -2.37. The smallest absolute Gasteiger partial charge is 0.335 e. The van der Waals surface area contributed by atoms with Crippen LogP contribution in [-0.2, 0) is 6.54 Å². The van der Waals surface area contributed by atoms with E-state index in [0.717, 1.165) is 18.4 Å². The number of urea groups is 1. The molecule has 1 fully saturated rings.